The van der Waals surface area contributed by atoms with Gasteiger partial charge >= 0.3 is 0 Å². The van der Waals surface area contributed by atoms with Gasteiger partial charge in [0.05, 0.1) is 11.6 Å². The second-order valence-corrected chi connectivity index (χ2v) is 5.49. The molecule has 1 amide bonds. The highest BCUT2D eigenvalue weighted by Gasteiger charge is 2.10. The normalized spacial score (nSPS) is 10.7. The number of nitrogens with zero attached hydrogens (tertiary/aromatic N) is 2. The SMILES string of the molecule is Cc1cccc(NC(=O)Cn2ncc3ccccc3c2=O)c1C. The van der Waals surface area contributed by atoms with E-state index in [0.29, 0.717) is 5.39 Å². The summed E-state index contributed by atoms with van der Waals surface area (Å²) >= 11 is 0. The zero-order valence-electron chi connectivity index (χ0n) is 13.0. The summed E-state index contributed by atoms with van der Waals surface area (Å²) < 4.78 is 1.18. The molecular weight excluding hydrogens is 290 g/mol. The van der Waals surface area contributed by atoms with Crippen LogP contribution in [-0.2, 0) is 11.3 Å². The van der Waals surface area contributed by atoms with Crippen LogP contribution in [-0.4, -0.2) is 15.7 Å². The Kier molecular flexibility index (Phi) is 3.93. The number of fused-ring (bicyclic) bond motifs is 1. The lowest BCUT2D eigenvalue weighted by Crippen LogP contribution is -2.29. The Morgan fingerprint density at radius 1 is 1.13 bits per heavy atom. The molecule has 5 nitrogen and oxygen atoms in total. The van der Waals surface area contributed by atoms with E-state index < -0.39 is 0 Å². The number of carbonyl (C=O) groups is 1. The molecule has 0 saturated heterocycles. The van der Waals surface area contributed by atoms with Gasteiger partial charge in [-0.25, -0.2) is 4.68 Å². The van der Waals surface area contributed by atoms with Crippen LogP contribution in [0, 0.1) is 13.8 Å². The van der Waals surface area contributed by atoms with Crippen molar-refractivity contribution < 1.29 is 4.79 Å². The Morgan fingerprint density at radius 2 is 1.91 bits per heavy atom. The number of aryl methyl sites for hydroxylation is 1. The van der Waals surface area contributed by atoms with Gasteiger partial charge in [0.25, 0.3) is 5.56 Å². The van der Waals surface area contributed by atoms with Crippen LogP contribution < -0.4 is 10.9 Å². The summed E-state index contributed by atoms with van der Waals surface area (Å²) in [6.45, 7) is 3.82. The Balaban J connectivity index is 1.85. The molecule has 0 radical (unpaired) electrons. The van der Waals surface area contributed by atoms with Crippen LogP contribution in [0.5, 0.6) is 0 Å². The predicted molar refractivity (Wildman–Crippen MR) is 90.5 cm³/mol. The number of amides is 1. The van der Waals surface area contributed by atoms with E-state index in [9.17, 15) is 9.59 Å². The summed E-state index contributed by atoms with van der Waals surface area (Å²) in [5.41, 5.74) is 2.60. The van der Waals surface area contributed by atoms with Crippen molar-refractivity contribution in [1.29, 1.82) is 0 Å². The summed E-state index contributed by atoms with van der Waals surface area (Å²) in [4.78, 5) is 24.6. The minimum absolute atomic E-state index is 0.114. The zero-order chi connectivity index (χ0) is 16.4. The van der Waals surface area contributed by atoms with E-state index in [0.717, 1.165) is 22.2 Å². The smallest absolute Gasteiger partial charge is 0.275 e. The number of benzene rings is 2. The molecule has 3 rings (SSSR count). The molecule has 0 aliphatic heterocycles. The second kappa shape index (κ2) is 6.04. The molecule has 0 aliphatic rings. The van der Waals surface area contributed by atoms with Gasteiger partial charge in [0.15, 0.2) is 0 Å². The first-order valence-electron chi connectivity index (χ1n) is 7.37. The van der Waals surface area contributed by atoms with Crippen LogP contribution in [0.15, 0.2) is 53.5 Å². The monoisotopic (exact) mass is 307 g/mol. The second-order valence-electron chi connectivity index (χ2n) is 5.49. The molecule has 0 bridgehead atoms. The molecule has 2 aromatic carbocycles. The van der Waals surface area contributed by atoms with E-state index in [2.05, 4.69) is 10.4 Å². The van der Waals surface area contributed by atoms with E-state index in [1.165, 1.54) is 4.68 Å². The Labute approximate surface area is 133 Å². The molecular formula is C18H17N3O2. The first-order chi connectivity index (χ1) is 11.1. The first kappa shape index (κ1) is 15.0. The van der Waals surface area contributed by atoms with Gasteiger partial charge in [-0.3, -0.25) is 9.59 Å². The van der Waals surface area contributed by atoms with Crippen LogP contribution in [0.2, 0.25) is 0 Å². The van der Waals surface area contributed by atoms with Crippen molar-refractivity contribution in [2.45, 2.75) is 20.4 Å². The number of rotatable bonds is 3. The van der Waals surface area contributed by atoms with Crippen LogP contribution in [0.4, 0.5) is 5.69 Å². The van der Waals surface area contributed by atoms with Gasteiger partial charge in [0, 0.05) is 11.1 Å². The van der Waals surface area contributed by atoms with Crippen LogP contribution in [0.1, 0.15) is 11.1 Å². The molecule has 3 aromatic rings. The highest BCUT2D eigenvalue weighted by molar-refractivity contribution is 5.91. The minimum Gasteiger partial charge on any atom is -0.324 e. The molecule has 0 saturated carbocycles. The average molecular weight is 307 g/mol. The third kappa shape index (κ3) is 2.99. The predicted octanol–water partition coefficient (Wildman–Crippen LogP) is 2.65. The van der Waals surface area contributed by atoms with E-state index in [1.54, 1.807) is 18.3 Å². The maximum absolute atomic E-state index is 12.4. The largest absolute Gasteiger partial charge is 0.324 e. The summed E-state index contributed by atoms with van der Waals surface area (Å²) in [6, 6.07) is 12.9. The van der Waals surface area contributed by atoms with E-state index in [-0.39, 0.29) is 18.0 Å². The van der Waals surface area contributed by atoms with Crippen molar-refractivity contribution in [3.05, 3.63) is 70.1 Å². The van der Waals surface area contributed by atoms with E-state index in [1.807, 2.05) is 44.2 Å². The van der Waals surface area contributed by atoms with Gasteiger partial charge < -0.3 is 5.32 Å². The van der Waals surface area contributed by atoms with Crippen LogP contribution in [0.25, 0.3) is 10.8 Å². The summed E-state index contributed by atoms with van der Waals surface area (Å²) in [6.07, 6.45) is 1.60. The molecule has 1 heterocycles. The number of anilines is 1. The van der Waals surface area contributed by atoms with Crippen LogP contribution >= 0.6 is 0 Å². The highest BCUT2D eigenvalue weighted by atomic mass is 16.2. The number of aromatic nitrogens is 2. The first-order valence-corrected chi connectivity index (χ1v) is 7.37. The van der Waals surface area contributed by atoms with Crippen molar-refractivity contribution in [3.63, 3.8) is 0 Å². The molecule has 116 valence electrons. The van der Waals surface area contributed by atoms with Gasteiger partial charge in [0.1, 0.15) is 6.54 Å². The Morgan fingerprint density at radius 3 is 2.74 bits per heavy atom. The van der Waals surface area contributed by atoms with Crippen molar-refractivity contribution in [3.8, 4) is 0 Å². The molecule has 1 aromatic heterocycles. The van der Waals surface area contributed by atoms with Gasteiger partial charge in [-0.05, 0) is 37.1 Å². The standard InChI is InChI=1S/C18H17N3O2/c1-12-6-5-9-16(13(12)2)20-17(22)11-21-18(23)15-8-4-3-7-14(15)10-19-21/h3-10H,11H2,1-2H3,(H,20,22). The van der Waals surface area contributed by atoms with Crippen molar-refractivity contribution in [2.75, 3.05) is 5.32 Å². The number of hydrogen-bond donors (Lipinski definition) is 1. The lowest BCUT2D eigenvalue weighted by Gasteiger charge is -2.11. The maximum atomic E-state index is 12.4. The molecule has 0 aliphatic carbocycles. The Hall–Kier alpha value is -2.95. The average Bonchev–Trinajstić information content (AvgIpc) is 2.55. The topological polar surface area (TPSA) is 64.0 Å². The van der Waals surface area contributed by atoms with Gasteiger partial charge in [-0.1, -0.05) is 30.3 Å². The number of nitrogens with one attached hydrogen (secondary N) is 1. The zero-order valence-corrected chi connectivity index (χ0v) is 13.0. The van der Waals surface area contributed by atoms with E-state index >= 15 is 0 Å². The van der Waals surface area contributed by atoms with Gasteiger partial charge in [0.2, 0.25) is 5.91 Å². The third-order valence-corrected chi connectivity index (χ3v) is 3.93. The van der Waals surface area contributed by atoms with Crippen LogP contribution in [0.3, 0.4) is 0 Å². The Bertz CT molecular complexity index is 944. The summed E-state index contributed by atoms with van der Waals surface area (Å²) in [7, 11) is 0. The quantitative estimate of drug-likeness (QED) is 0.809. The third-order valence-electron chi connectivity index (χ3n) is 3.93. The lowest BCUT2D eigenvalue weighted by atomic mass is 10.1. The van der Waals surface area contributed by atoms with Gasteiger partial charge in [-0.2, -0.15) is 5.10 Å². The number of carbonyl (C=O) groups excluding carboxylic acids is 1. The lowest BCUT2D eigenvalue weighted by molar-refractivity contribution is -0.117. The minimum atomic E-state index is -0.274. The fourth-order valence-corrected chi connectivity index (χ4v) is 2.45. The summed E-state index contributed by atoms with van der Waals surface area (Å²) in [5, 5.41) is 8.23. The van der Waals surface area contributed by atoms with E-state index in [4.69, 9.17) is 0 Å². The molecule has 0 spiro atoms. The van der Waals surface area contributed by atoms with Gasteiger partial charge in [-0.15, -0.1) is 0 Å². The molecule has 1 N–H and O–H groups in total. The fourth-order valence-electron chi connectivity index (χ4n) is 2.45. The molecule has 0 unspecified atom stereocenters. The number of hydrogen-bond acceptors (Lipinski definition) is 3. The molecule has 5 heteroatoms. The molecule has 0 atom stereocenters. The van der Waals surface area contributed by atoms with Crippen molar-refractivity contribution in [2.24, 2.45) is 0 Å². The maximum Gasteiger partial charge on any atom is 0.275 e. The highest BCUT2D eigenvalue weighted by Crippen LogP contribution is 2.17. The van der Waals surface area contributed by atoms with Crippen molar-refractivity contribution in [1.82, 2.24) is 9.78 Å². The molecule has 0 fully saturated rings. The molecule has 23 heavy (non-hydrogen) atoms. The summed E-state index contributed by atoms with van der Waals surface area (Å²) in [5.74, 6) is -0.274. The van der Waals surface area contributed by atoms with Crippen molar-refractivity contribution >= 4 is 22.4 Å². The fraction of sp³-hybridized carbons (Fsp3) is 0.167.